The molecule has 0 unspecified atom stereocenters. The molecule has 2 saturated heterocycles. The van der Waals surface area contributed by atoms with Gasteiger partial charge in [0.2, 0.25) is 5.91 Å². The molecule has 0 aromatic carbocycles. The number of hydrogen-bond donors (Lipinski definition) is 2. The Kier molecular flexibility index (Phi) is 6.61. The Labute approximate surface area is 116 Å². The summed E-state index contributed by atoms with van der Waals surface area (Å²) in [4.78, 5) is 16.6. The highest BCUT2D eigenvalue weighted by Gasteiger charge is 2.13. The average Bonchev–Trinajstić information content (AvgIpc) is 2.68. The molecule has 5 nitrogen and oxygen atoms in total. The molecule has 0 aromatic heterocycles. The predicted molar refractivity (Wildman–Crippen MR) is 77.2 cm³/mol. The van der Waals surface area contributed by atoms with E-state index in [1.807, 2.05) is 0 Å². The zero-order chi connectivity index (χ0) is 13.3. The number of piperidine rings is 1. The Hall–Kier alpha value is -0.650. The van der Waals surface area contributed by atoms with Crippen LogP contribution in [0.4, 0.5) is 0 Å². The predicted octanol–water partition coefficient (Wildman–Crippen LogP) is -0.116. The van der Waals surface area contributed by atoms with E-state index in [1.165, 1.54) is 32.4 Å². The van der Waals surface area contributed by atoms with Crippen molar-refractivity contribution in [2.45, 2.75) is 25.7 Å². The van der Waals surface area contributed by atoms with E-state index in [0.717, 1.165) is 45.7 Å². The lowest BCUT2D eigenvalue weighted by atomic mass is 10.1. The Morgan fingerprint density at radius 2 is 1.74 bits per heavy atom. The van der Waals surface area contributed by atoms with E-state index >= 15 is 0 Å². The molecule has 2 N–H and O–H groups in total. The summed E-state index contributed by atoms with van der Waals surface area (Å²) in [7, 11) is 0. The van der Waals surface area contributed by atoms with Gasteiger partial charge in [-0.15, -0.1) is 0 Å². The largest absolute Gasteiger partial charge is 0.354 e. The maximum Gasteiger partial charge on any atom is 0.234 e. The lowest BCUT2D eigenvalue weighted by molar-refractivity contribution is -0.122. The highest BCUT2D eigenvalue weighted by atomic mass is 16.2. The zero-order valence-corrected chi connectivity index (χ0v) is 12.0. The number of nitrogens with zero attached hydrogens (tertiary/aromatic N) is 2. The first-order chi connectivity index (χ1) is 9.34. The molecule has 2 aliphatic heterocycles. The summed E-state index contributed by atoms with van der Waals surface area (Å²) in [6, 6.07) is 0. The number of rotatable bonds is 5. The first-order valence-corrected chi connectivity index (χ1v) is 7.77. The maximum absolute atomic E-state index is 11.9. The molecule has 0 radical (unpaired) electrons. The Morgan fingerprint density at radius 3 is 2.58 bits per heavy atom. The molecule has 0 atom stereocenters. The van der Waals surface area contributed by atoms with E-state index in [-0.39, 0.29) is 5.91 Å². The van der Waals surface area contributed by atoms with Crippen LogP contribution in [0.5, 0.6) is 0 Å². The molecule has 0 aromatic rings. The second-order valence-corrected chi connectivity index (χ2v) is 5.63. The fourth-order valence-corrected chi connectivity index (χ4v) is 2.86. The monoisotopic (exact) mass is 268 g/mol. The number of carbonyl (C=O) groups is 1. The first kappa shape index (κ1) is 14.8. The van der Waals surface area contributed by atoms with Crippen LogP contribution in [0.1, 0.15) is 25.7 Å². The topological polar surface area (TPSA) is 47.6 Å². The molecule has 0 saturated carbocycles. The molecule has 110 valence electrons. The van der Waals surface area contributed by atoms with E-state index in [2.05, 4.69) is 20.4 Å². The summed E-state index contributed by atoms with van der Waals surface area (Å²) in [6.45, 7) is 8.86. The second-order valence-electron chi connectivity index (χ2n) is 5.63. The van der Waals surface area contributed by atoms with E-state index < -0.39 is 0 Å². The fraction of sp³-hybridized carbons (Fsp3) is 0.929. The highest BCUT2D eigenvalue weighted by Crippen LogP contribution is 2.07. The van der Waals surface area contributed by atoms with Crippen molar-refractivity contribution in [2.75, 3.05) is 58.9 Å². The lowest BCUT2D eigenvalue weighted by Gasteiger charge is -2.26. The summed E-state index contributed by atoms with van der Waals surface area (Å²) in [5.41, 5.74) is 0. The van der Waals surface area contributed by atoms with Gasteiger partial charge in [-0.3, -0.25) is 9.69 Å². The van der Waals surface area contributed by atoms with Gasteiger partial charge >= 0.3 is 0 Å². The Morgan fingerprint density at radius 1 is 0.947 bits per heavy atom. The second kappa shape index (κ2) is 8.51. The minimum absolute atomic E-state index is 0.180. The zero-order valence-electron chi connectivity index (χ0n) is 12.0. The molecule has 2 fully saturated rings. The van der Waals surface area contributed by atoms with Gasteiger partial charge in [0.15, 0.2) is 0 Å². The van der Waals surface area contributed by atoms with Gasteiger partial charge in [0.05, 0.1) is 6.54 Å². The molecule has 0 aliphatic carbocycles. The molecule has 0 bridgehead atoms. The van der Waals surface area contributed by atoms with Crippen LogP contribution in [0, 0.1) is 0 Å². The number of nitrogens with one attached hydrogen (secondary N) is 2. The molecule has 0 spiro atoms. The minimum Gasteiger partial charge on any atom is -0.354 e. The van der Waals surface area contributed by atoms with Crippen LogP contribution in [0.3, 0.4) is 0 Å². The van der Waals surface area contributed by atoms with Crippen molar-refractivity contribution in [3.63, 3.8) is 0 Å². The lowest BCUT2D eigenvalue weighted by Crippen LogP contribution is -2.42. The Balaban J connectivity index is 1.55. The average molecular weight is 268 g/mol. The summed E-state index contributed by atoms with van der Waals surface area (Å²) in [5.74, 6) is 0.180. The third-order valence-corrected chi connectivity index (χ3v) is 4.00. The van der Waals surface area contributed by atoms with Crippen molar-refractivity contribution < 1.29 is 4.79 Å². The van der Waals surface area contributed by atoms with E-state index in [4.69, 9.17) is 0 Å². The standard InChI is InChI=1S/C14H28N4O/c19-14(13-18-10-4-5-15-6-11-18)16-7-12-17-8-2-1-3-9-17/h15H,1-13H2,(H,16,19). The number of carbonyl (C=O) groups excluding carboxylic acids is 1. The Bertz CT molecular complexity index is 258. The SMILES string of the molecule is O=C(CN1CCCNCC1)NCCN1CCCCC1. The van der Waals surface area contributed by atoms with Gasteiger partial charge in [-0.25, -0.2) is 0 Å². The van der Waals surface area contributed by atoms with Crippen molar-refractivity contribution in [1.29, 1.82) is 0 Å². The summed E-state index contributed by atoms with van der Waals surface area (Å²) in [5, 5.41) is 6.41. The van der Waals surface area contributed by atoms with Crippen molar-refractivity contribution >= 4 is 5.91 Å². The molecule has 5 heteroatoms. The van der Waals surface area contributed by atoms with Gasteiger partial charge in [0.25, 0.3) is 0 Å². The van der Waals surface area contributed by atoms with Crippen LogP contribution in [0.2, 0.25) is 0 Å². The third-order valence-electron chi connectivity index (χ3n) is 4.00. The van der Waals surface area contributed by atoms with Gasteiger partial charge in [-0.05, 0) is 45.4 Å². The van der Waals surface area contributed by atoms with Gasteiger partial charge < -0.3 is 15.5 Å². The number of hydrogen-bond acceptors (Lipinski definition) is 4. The van der Waals surface area contributed by atoms with Gasteiger partial charge in [0, 0.05) is 26.2 Å². The van der Waals surface area contributed by atoms with Crippen molar-refractivity contribution in [2.24, 2.45) is 0 Å². The van der Waals surface area contributed by atoms with Crippen molar-refractivity contribution in [3.8, 4) is 0 Å². The molecule has 2 aliphatic rings. The van der Waals surface area contributed by atoms with Crippen LogP contribution >= 0.6 is 0 Å². The van der Waals surface area contributed by atoms with Gasteiger partial charge in [0.1, 0.15) is 0 Å². The van der Waals surface area contributed by atoms with Crippen LogP contribution in [0.15, 0.2) is 0 Å². The molecule has 2 rings (SSSR count). The number of amides is 1. The van der Waals surface area contributed by atoms with Crippen molar-refractivity contribution in [1.82, 2.24) is 20.4 Å². The van der Waals surface area contributed by atoms with Gasteiger partial charge in [-0.1, -0.05) is 6.42 Å². The van der Waals surface area contributed by atoms with E-state index in [0.29, 0.717) is 6.54 Å². The van der Waals surface area contributed by atoms with Gasteiger partial charge in [-0.2, -0.15) is 0 Å². The van der Waals surface area contributed by atoms with Crippen LogP contribution in [0.25, 0.3) is 0 Å². The van der Waals surface area contributed by atoms with E-state index in [9.17, 15) is 4.79 Å². The van der Waals surface area contributed by atoms with Crippen LogP contribution < -0.4 is 10.6 Å². The minimum atomic E-state index is 0.180. The molecular formula is C14H28N4O. The molecule has 1 amide bonds. The molecular weight excluding hydrogens is 240 g/mol. The summed E-state index contributed by atoms with van der Waals surface area (Å²) in [6.07, 6.45) is 5.14. The molecule has 19 heavy (non-hydrogen) atoms. The van der Waals surface area contributed by atoms with E-state index in [1.54, 1.807) is 0 Å². The summed E-state index contributed by atoms with van der Waals surface area (Å²) >= 11 is 0. The van der Waals surface area contributed by atoms with Crippen molar-refractivity contribution in [3.05, 3.63) is 0 Å². The quantitative estimate of drug-likeness (QED) is 0.730. The maximum atomic E-state index is 11.9. The molecule has 2 heterocycles. The summed E-state index contributed by atoms with van der Waals surface area (Å²) < 4.78 is 0. The van der Waals surface area contributed by atoms with Crippen LogP contribution in [-0.2, 0) is 4.79 Å². The number of likely N-dealkylation sites (tertiary alicyclic amines) is 1. The highest BCUT2D eigenvalue weighted by molar-refractivity contribution is 5.77. The first-order valence-electron chi connectivity index (χ1n) is 7.77. The third kappa shape index (κ3) is 5.89. The van der Waals surface area contributed by atoms with Crippen LogP contribution in [-0.4, -0.2) is 74.6 Å². The smallest absolute Gasteiger partial charge is 0.234 e. The normalized spacial score (nSPS) is 22.9. The fourth-order valence-electron chi connectivity index (χ4n) is 2.86.